The number of hydrogen-bond acceptors (Lipinski definition) is 10. The van der Waals surface area contributed by atoms with Crippen LogP contribution in [-0.2, 0) is 16.0 Å². The molecule has 1 aliphatic rings. The van der Waals surface area contributed by atoms with E-state index in [9.17, 15) is 19.7 Å². The molecule has 1 N–H and O–H groups in total. The molecule has 0 aliphatic carbocycles. The molecule has 0 bridgehead atoms. The van der Waals surface area contributed by atoms with Gasteiger partial charge in [0.25, 0.3) is 0 Å². The maximum absolute atomic E-state index is 13.1. The zero-order chi connectivity index (χ0) is 27.2. The number of rotatable bonds is 10. The summed E-state index contributed by atoms with van der Waals surface area (Å²) in [6.07, 6.45) is 1.86. The summed E-state index contributed by atoms with van der Waals surface area (Å²) in [7, 11) is 0. The molecule has 0 saturated carbocycles. The minimum Gasteiger partial charge on any atom is -0.458 e. The van der Waals surface area contributed by atoms with Crippen LogP contribution in [0.3, 0.4) is 0 Å². The number of carbonyl (C=O) groups is 2. The Morgan fingerprint density at radius 3 is 2.35 bits per heavy atom. The van der Waals surface area contributed by atoms with Crippen LogP contribution in [0, 0.1) is 10.1 Å². The van der Waals surface area contributed by atoms with Crippen molar-refractivity contribution in [3.63, 3.8) is 0 Å². The number of amides is 1. The number of benzene rings is 1. The Morgan fingerprint density at radius 1 is 1.19 bits per heavy atom. The molecular weight excluding hydrogens is 480 g/mol. The molecule has 1 atom stereocenters. The van der Waals surface area contributed by atoms with Gasteiger partial charge in [-0.1, -0.05) is 12.1 Å². The zero-order valence-corrected chi connectivity index (χ0v) is 21.9. The summed E-state index contributed by atoms with van der Waals surface area (Å²) in [5, 5.41) is 14.6. The molecule has 3 rings (SSSR count). The number of anilines is 2. The molecular formula is C25H34N6O6. The Hall–Kier alpha value is -3.96. The van der Waals surface area contributed by atoms with Crippen molar-refractivity contribution < 1.29 is 24.0 Å². The van der Waals surface area contributed by atoms with Crippen molar-refractivity contribution in [1.82, 2.24) is 14.9 Å². The number of likely N-dealkylation sites (tertiary alicyclic amines) is 1. The van der Waals surface area contributed by atoms with Crippen molar-refractivity contribution in [2.75, 3.05) is 36.4 Å². The molecule has 0 spiro atoms. The van der Waals surface area contributed by atoms with E-state index in [1.54, 1.807) is 49.9 Å². The van der Waals surface area contributed by atoms with Gasteiger partial charge in [0.15, 0.2) is 0 Å². The largest absolute Gasteiger partial charge is 0.458 e. The molecule has 200 valence electrons. The standard InChI is InChI=1S/C25H34N6O6/c1-6-29(7-2)23-26-16-20(31(34)35)21(28-23)27-19(22(32)37-25(3,4)5)15-17-9-11-18(12-10-17)36-24(33)30-13-8-14-30/h9-12,16,19H,6-8,13-15H2,1-5H3,(H,26,27,28)/t19-/m0/s1. The van der Waals surface area contributed by atoms with Crippen molar-refractivity contribution in [2.24, 2.45) is 0 Å². The van der Waals surface area contributed by atoms with E-state index in [0.717, 1.165) is 18.2 Å². The maximum Gasteiger partial charge on any atom is 0.415 e. The number of nitro groups is 1. The average Bonchev–Trinajstić information content (AvgIpc) is 2.78. The van der Waals surface area contributed by atoms with Crippen molar-refractivity contribution >= 4 is 29.5 Å². The molecule has 1 aromatic carbocycles. The molecule has 1 aliphatic heterocycles. The minimum atomic E-state index is -0.980. The Labute approximate surface area is 216 Å². The van der Waals surface area contributed by atoms with Gasteiger partial charge in [-0.25, -0.2) is 14.6 Å². The fraction of sp³-hybridized carbons (Fsp3) is 0.520. The molecule has 1 aromatic heterocycles. The van der Waals surface area contributed by atoms with Crippen LogP contribution in [0.15, 0.2) is 30.5 Å². The summed E-state index contributed by atoms with van der Waals surface area (Å²) in [5.74, 6) is 0.0445. The highest BCUT2D eigenvalue weighted by atomic mass is 16.6. The first kappa shape index (κ1) is 27.6. The van der Waals surface area contributed by atoms with Gasteiger partial charge in [0.1, 0.15) is 23.6 Å². The molecule has 0 radical (unpaired) electrons. The monoisotopic (exact) mass is 514 g/mol. The number of carbonyl (C=O) groups excluding carboxylic acids is 2. The second kappa shape index (κ2) is 11.8. The van der Waals surface area contributed by atoms with Crippen LogP contribution in [0.5, 0.6) is 5.75 Å². The van der Waals surface area contributed by atoms with Gasteiger partial charge in [-0.15, -0.1) is 0 Å². The van der Waals surface area contributed by atoms with E-state index >= 15 is 0 Å². The summed E-state index contributed by atoms with van der Waals surface area (Å²) in [4.78, 5) is 48.2. The molecule has 2 aromatic rings. The number of hydrogen-bond donors (Lipinski definition) is 1. The van der Waals surface area contributed by atoms with E-state index in [0.29, 0.717) is 37.9 Å². The zero-order valence-electron chi connectivity index (χ0n) is 21.9. The summed E-state index contributed by atoms with van der Waals surface area (Å²) in [6, 6.07) is 5.77. The second-order valence-corrected chi connectivity index (χ2v) is 9.62. The first-order valence-electron chi connectivity index (χ1n) is 12.3. The normalized spacial score (nSPS) is 13.8. The fourth-order valence-corrected chi connectivity index (χ4v) is 3.59. The summed E-state index contributed by atoms with van der Waals surface area (Å²) >= 11 is 0. The number of aromatic nitrogens is 2. The lowest BCUT2D eigenvalue weighted by Crippen LogP contribution is -2.43. The Morgan fingerprint density at radius 2 is 1.84 bits per heavy atom. The van der Waals surface area contributed by atoms with Gasteiger partial charge in [-0.3, -0.25) is 10.1 Å². The van der Waals surface area contributed by atoms with Crippen LogP contribution in [0.25, 0.3) is 0 Å². The number of nitrogens with zero attached hydrogens (tertiary/aromatic N) is 5. The molecule has 0 unspecified atom stereocenters. The maximum atomic E-state index is 13.1. The van der Waals surface area contributed by atoms with Crippen molar-refractivity contribution in [3.05, 3.63) is 46.1 Å². The smallest absolute Gasteiger partial charge is 0.415 e. The fourth-order valence-electron chi connectivity index (χ4n) is 3.59. The van der Waals surface area contributed by atoms with Gasteiger partial charge < -0.3 is 24.6 Å². The van der Waals surface area contributed by atoms with E-state index in [2.05, 4.69) is 15.3 Å². The van der Waals surface area contributed by atoms with Crippen molar-refractivity contribution in [2.45, 2.75) is 59.1 Å². The van der Waals surface area contributed by atoms with E-state index in [1.807, 2.05) is 18.7 Å². The van der Waals surface area contributed by atoms with Gasteiger partial charge in [-0.05, 0) is 58.7 Å². The van der Waals surface area contributed by atoms with Gasteiger partial charge >= 0.3 is 17.7 Å². The van der Waals surface area contributed by atoms with Crippen LogP contribution in [0.1, 0.15) is 46.6 Å². The Kier molecular flexibility index (Phi) is 8.85. The first-order valence-corrected chi connectivity index (χ1v) is 12.3. The lowest BCUT2D eigenvalue weighted by atomic mass is 10.1. The van der Waals surface area contributed by atoms with E-state index in [4.69, 9.17) is 9.47 Å². The SMILES string of the molecule is CCN(CC)c1ncc([N+](=O)[O-])c(N[C@@H](Cc2ccc(OC(=O)N3CCC3)cc2)C(=O)OC(C)(C)C)n1. The summed E-state index contributed by atoms with van der Waals surface area (Å²) < 4.78 is 11.0. The third kappa shape index (κ3) is 7.51. The molecule has 1 fully saturated rings. The number of esters is 1. The lowest BCUT2D eigenvalue weighted by Gasteiger charge is -2.29. The van der Waals surface area contributed by atoms with Crippen LogP contribution in [0.2, 0.25) is 0 Å². The third-order valence-corrected chi connectivity index (χ3v) is 5.68. The highest BCUT2D eigenvalue weighted by Gasteiger charge is 2.29. The Bertz CT molecular complexity index is 1110. The highest BCUT2D eigenvalue weighted by Crippen LogP contribution is 2.26. The van der Waals surface area contributed by atoms with Crippen molar-refractivity contribution in [3.8, 4) is 5.75 Å². The van der Waals surface area contributed by atoms with Gasteiger partial charge in [0.2, 0.25) is 11.8 Å². The minimum absolute atomic E-state index is 0.0714. The van der Waals surface area contributed by atoms with Gasteiger partial charge in [0.05, 0.1) is 4.92 Å². The van der Waals surface area contributed by atoms with Crippen molar-refractivity contribution in [1.29, 1.82) is 0 Å². The highest BCUT2D eigenvalue weighted by molar-refractivity contribution is 5.81. The van der Waals surface area contributed by atoms with Crippen LogP contribution in [-0.4, -0.2) is 69.7 Å². The van der Waals surface area contributed by atoms with E-state index < -0.39 is 28.6 Å². The Balaban J connectivity index is 1.85. The average molecular weight is 515 g/mol. The number of nitrogens with one attached hydrogen (secondary N) is 1. The molecule has 2 heterocycles. The van der Waals surface area contributed by atoms with Gasteiger partial charge in [-0.2, -0.15) is 4.98 Å². The summed E-state index contributed by atoms with van der Waals surface area (Å²) in [5.41, 5.74) is -0.388. The van der Waals surface area contributed by atoms with Crippen LogP contribution in [0.4, 0.5) is 22.2 Å². The lowest BCUT2D eigenvalue weighted by molar-refractivity contribution is -0.384. The predicted octanol–water partition coefficient (Wildman–Crippen LogP) is 3.80. The molecule has 12 nitrogen and oxygen atoms in total. The van der Waals surface area contributed by atoms with E-state index in [1.165, 1.54) is 0 Å². The third-order valence-electron chi connectivity index (χ3n) is 5.68. The van der Waals surface area contributed by atoms with E-state index in [-0.39, 0.29) is 17.9 Å². The number of ether oxygens (including phenoxy) is 2. The molecule has 1 saturated heterocycles. The predicted molar refractivity (Wildman–Crippen MR) is 138 cm³/mol. The summed E-state index contributed by atoms with van der Waals surface area (Å²) in [6.45, 7) is 11.7. The molecule has 37 heavy (non-hydrogen) atoms. The first-order chi connectivity index (χ1) is 17.5. The molecule has 1 amide bonds. The molecule has 12 heteroatoms. The quantitative estimate of drug-likeness (QED) is 0.283. The van der Waals surface area contributed by atoms with Gasteiger partial charge in [0, 0.05) is 32.6 Å². The van der Waals surface area contributed by atoms with Crippen LogP contribution < -0.4 is 15.0 Å². The van der Waals surface area contributed by atoms with Crippen LogP contribution >= 0.6 is 0 Å². The second-order valence-electron chi connectivity index (χ2n) is 9.62. The topological polar surface area (TPSA) is 140 Å².